The average molecular weight is 373 g/mol. The van der Waals surface area contributed by atoms with Gasteiger partial charge in [-0.2, -0.15) is 0 Å². The van der Waals surface area contributed by atoms with Crippen LogP contribution < -0.4 is 5.32 Å². The summed E-state index contributed by atoms with van der Waals surface area (Å²) in [6.07, 6.45) is 2.86. The summed E-state index contributed by atoms with van der Waals surface area (Å²) in [5.74, 6) is -0.687. The molecule has 0 radical (unpaired) electrons. The lowest BCUT2D eigenvalue weighted by molar-refractivity contribution is -0.132. The molecule has 1 fully saturated rings. The van der Waals surface area contributed by atoms with E-state index in [1.807, 2.05) is 5.38 Å². The van der Waals surface area contributed by atoms with Crippen molar-refractivity contribution in [3.63, 3.8) is 0 Å². The Labute approximate surface area is 155 Å². The molecule has 5 nitrogen and oxygen atoms in total. The Hall–Kier alpha value is -2.54. The van der Waals surface area contributed by atoms with Gasteiger partial charge in [0.15, 0.2) is 0 Å². The van der Waals surface area contributed by atoms with Gasteiger partial charge in [-0.3, -0.25) is 9.59 Å². The summed E-state index contributed by atoms with van der Waals surface area (Å²) in [5, 5.41) is 5.58. The molecule has 7 heteroatoms. The molecule has 0 aliphatic carbocycles. The van der Waals surface area contributed by atoms with Crippen LogP contribution in [0, 0.1) is 11.7 Å². The number of nitrogens with zero attached hydrogens (tertiary/aromatic N) is 2. The SMILES string of the molecule is C=CC(=O)N1CCC[C@@H](C(=O)NCc2nc(-c3ccc(F)cc3)cs2)C1. The number of benzene rings is 1. The predicted molar refractivity (Wildman–Crippen MR) is 98.9 cm³/mol. The standard InChI is InChI=1S/C19H20FN3O2S/c1-2-18(24)23-9-3-4-14(11-23)19(25)21-10-17-22-16(12-26-17)13-5-7-15(20)8-6-13/h2,5-8,12,14H,1,3-4,9-11H2,(H,21,25)/t14-/m1/s1. The second kappa shape index (κ2) is 8.23. The summed E-state index contributed by atoms with van der Waals surface area (Å²) in [7, 11) is 0. The predicted octanol–water partition coefficient (Wildman–Crippen LogP) is 2.99. The van der Waals surface area contributed by atoms with E-state index in [9.17, 15) is 14.0 Å². The van der Waals surface area contributed by atoms with Crippen molar-refractivity contribution < 1.29 is 14.0 Å². The van der Waals surface area contributed by atoms with Crippen molar-refractivity contribution in [1.82, 2.24) is 15.2 Å². The molecule has 1 N–H and O–H groups in total. The van der Waals surface area contributed by atoms with Crippen molar-refractivity contribution in [3.05, 3.63) is 53.1 Å². The summed E-state index contributed by atoms with van der Waals surface area (Å²) >= 11 is 1.45. The van der Waals surface area contributed by atoms with Gasteiger partial charge < -0.3 is 10.2 Å². The highest BCUT2D eigenvalue weighted by atomic mass is 32.1. The highest BCUT2D eigenvalue weighted by molar-refractivity contribution is 7.09. The Kier molecular flexibility index (Phi) is 5.78. The molecular formula is C19H20FN3O2S. The number of aromatic nitrogens is 1. The zero-order valence-corrected chi connectivity index (χ0v) is 15.1. The monoisotopic (exact) mass is 373 g/mol. The lowest BCUT2D eigenvalue weighted by Crippen LogP contribution is -2.44. The molecule has 26 heavy (non-hydrogen) atoms. The van der Waals surface area contributed by atoms with Crippen LogP contribution in [0.15, 0.2) is 42.3 Å². The molecule has 1 aromatic heterocycles. The van der Waals surface area contributed by atoms with Crippen molar-refractivity contribution >= 4 is 23.2 Å². The number of hydrogen-bond donors (Lipinski definition) is 1. The molecule has 0 unspecified atom stereocenters. The molecule has 2 heterocycles. The number of halogens is 1. The highest BCUT2D eigenvalue weighted by Gasteiger charge is 2.27. The van der Waals surface area contributed by atoms with E-state index in [2.05, 4.69) is 16.9 Å². The smallest absolute Gasteiger partial charge is 0.245 e. The van der Waals surface area contributed by atoms with Crippen LogP contribution in [0.25, 0.3) is 11.3 Å². The first kappa shape index (κ1) is 18.3. The van der Waals surface area contributed by atoms with Crippen molar-refractivity contribution in [3.8, 4) is 11.3 Å². The van der Waals surface area contributed by atoms with E-state index in [-0.39, 0.29) is 23.5 Å². The van der Waals surface area contributed by atoms with Crippen LogP contribution in [-0.2, 0) is 16.1 Å². The van der Waals surface area contributed by atoms with Gasteiger partial charge in [-0.25, -0.2) is 9.37 Å². The Morgan fingerprint density at radius 3 is 2.88 bits per heavy atom. The molecule has 2 amide bonds. The van der Waals surface area contributed by atoms with Crippen LogP contribution in [0.1, 0.15) is 17.8 Å². The van der Waals surface area contributed by atoms with E-state index in [0.717, 1.165) is 29.1 Å². The number of carbonyl (C=O) groups is 2. The second-order valence-electron chi connectivity index (χ2n) is 6.18. The van der Waals surface area contributed by atoms with Crippen LogP contribution in [-0.4, -0.2) is 34.8 Å². The minimum absolute atomic E-state index is 0.0647. The molecule has 0 saturated carbocycles. The Bertz CT molecular complexity index is 803. The summed E-state index contributed by atoms with van der Waals surface area (Å²) in [4.78, 5) is 30.3. The molecule has 2 aromatic rings. The average Bonchev–Trinajstić information content (AvgIpc) is 3.15. The van der Waals surface area contributed by atoms with Gasteiger partial charge >= 0.3 is 0 Å². The summed E-state index contributed by atoms with van der Waals surface area (Å²) in [6.45, 7) is 4.93. The van der Waals surface area contributed by atoms with Crippen LogP contribution in [0.4, 0.5) is 4.39 Å². The Balaban J connectivity index is 1.55. The van der Waals surface area contributed by atoms with Crippen molar-refractivity contribution in [2.75, 3.05) is 13.1 Å². The van der Waals surface area contributed by atoms with Crippen molar-refractivity contribution in [2.45, 2.75) is 19.4 Å². The van der Waals surface area contributed by atoms with Gasteiger partial charge in [0.2, 0.25) is 11.8 Å². The fourth-order valence-corrected chi connectivity index (χ4v) is 3.72. The summed E-state index contributed by atoms with van der Waals surface area (Å²) < 4.78 is 13.0. The fraction of sp³-hybridized carbons (Fsp3) is 0.316. The largest absolute Gasteiger partial charge is 0.349 e. The summed E-state index contributed by atoms with van der Waals surface area (Å²) in [5.41, 5.74) is 1.60. The molecule has 0 spiro atoms. The van der Waals surface area contributed by atoms with Crippen LogP contribution >= 0.6 is 11.3 Å². The van der Waals surface area contributed by atoms with Gasteiger partial charge in [-0.15, -0.1) is 11.3 Å². The number of nitrogens with one attached hydrogen (secondary N) is 1. The Morgan fingerprint density at radius 2 is 2.15 bits per heavy atom. The van der Waals surface area contributed by atoms with Gasteiger partial charge in [0.05, 0.1) is 18.2 Å². The fourth-order valence-electron chi connectivity index (χ4n) is 2.97. The quantitative estimate of drug-likeness (QED) is 0.820. The van der Waals surface area contributed by atoms with Crippen LogP contribution in [0.5, 0.6) is 0 Å². The van der Waals surface area contributed by atoms with Gasteiger partial charge in [0.25, 0.3) is 0 Å². The zero-order valence-electron chi connectivity index (χ0n) is 14.3. The zero-order chi connectivity index (χ0) is 18.5. The number of amides is 2. The van der Waals surface area contributed by atoms with Gasteiger partial charge in [-0.1, -0.05) is 6.58 Å². The molecule has 1 atom stereocenters. The highest BCUT2D eigenvalue weighted by Crippen LogP contribution is 2.22. The molecule has 3 rings (SSSR count). The third-order valence-corrected chi connectivity index (χ3v) is 5.23. The van der Waals surface area contributed by atoms with Crippen LogP contribution in [0.3, 0.4) is 0 Å². The van der Waals surface area contributed by atoms with E-state index in [4.69, 9.17) is 0 Å². The second-order valence-corrected chi connectivity index (χ2v) is 7.12. The van der Waals surface area contributed by atoms with E-state index in [1.54, 1.807) is 17.0 Å². The normalized spacial score (nSPS) is 17.0. The minimum atomic E-state index is -0.284. The first-order chi connectivity index (χ1) is 12.6. The third kappa shape index (κ3) is 4.35. The minimum Gasteiger partial charge on any atom is -0.349 e. The number of hydrogen-bond acceptors (Lipinski definition) is 4. The first-order valence-electron chi connectivity index (χ1n) is 8.46. The molecule has 136 valence electrons. The molecule has 1 aliphatic heterocycles. The van der Waals surface area contributed by atoms with Crippen LogP contribution in [0.2, 0.25) is 0 Å². The van der Waals surface area contributed by atoms with Gasteiger partial charge in [0.1, 0.15) is 10.8 Å². The van der Waals surface area contributed by atoms with Gasteiger partial charge in [0, 0.05) is 24.0 Å². The van der Waals surface area contributed by atoms with E-state index < -0.39 is 0 Å². The lowest BCUT2D eigenvalue weighted by atomic mass is 9.97. The van der Waals surface area contributed by atoms with Crippen molar-refractivity contribution in [1.29, 1.82) is 0 Å². The van der Waals surface area contributed by atoms with E-state index in [0.29, 0.717) is 19.6 Å². The lowest BCUT2D eigenvalue weighted by Gasteiger charge is -2.31. The Morgan fingerprint density at radius 1 is 1.38 bits per heavy atom. The third-order valence-electron chi connectivity index (χ3n) is 4.38. The topological polar surface area (TPSA) is 62.3 Å². The van der Waals surface area contributed by atoms with Crippen molar-refractivity contribution in [2.24, 2.45) is 5.92 Å². The van der Waals surface area contributed by atoms with Gasteiger partial charge in [-0.05, 0) is 43.2 Å². The maximum atomic E-state index is 13.0. The van der Waals surface area contributed by atoms with E-state index >= 15 is 0 Å². The molecule has 0 bridgehead atoms. The number of piperidine rings is 1. The maximum Gasteiger partial charge on any atom is 0.245 e. The summed E-state index contributed by atoms with van der Waals surface area (Å²) in [6, 6.07) is 6.16. The number of rotatable bonds is 5. The maximum absolute atomic E-state index is 13.0. The van der Waals surface area contributed by atoms with E-state index in [1.165, 1.54) is 29.5 Å². The number of carbonyl (C=O) groups excluding carboxylic acids is 2. The molecule has 1 aromatic carbocycles. The molecule has 1 aliphatic rings. The number of thiazole rings is 1. The first-order valence-corrected chi connectivity index (χ1v) is 9.34. The number of likely N-dealkylation sites (tertiary alicyclic amines) is 1. The molecule has 1 saturated heterocycles. The molecular weight excluding hydrogens is 353 g/mol.